The Labute approximate surface area is 113 Å². The lowest BCUT2D eigenvalue weighted by atomic mass is 10.2. The average molecular weight is 307 g/mol. The molecule has 1 amide bonds. The van der Waals surface area contributed by atoms with Gasteiger partial charge in [0.2, 0.25) is 0 Å². The van der Waals surface area contributed by atoms with Crippen LogP contribution in [0.2, 0.25) is 0 Å². The molecule has 1 aromatic carbocycles. The van der Waals surface area contributed by atoms with E-state index in [-0.39, 0.29) is 11.7 Å². The first-order valence-corrected chi connectivity index (χ1v) is 6.13. The third kappa shape index (κ3) is 3.07. The van der Waals surface area contributed by atoms with Gasteiger partial charge in [-0.1, -0.05) is 12.1 Å². The summed E-state index contributed by atoms with van der Waals surface area (Å²) in [5.41, 5.74) is 1.17. The standard InChI is InChI=1S/C13H11BrN2O2/c14-11-5-2-6-15-12(11)13(18)16-8-9-3-1-4-10(17)7-9/h1-7,17H,8H2,(H,16,18). The van der Waals surface area contributed by atoms with E-state index in [9.17, 15) is 9.90 Å². The lowest BCUT2D eigenvalue weighted by Crippen LogP contribution is -2.24. The Balaban J connectivity index is 2.03. The molecule has 0 aliphatic carbocycles. The van der Waals surface area contributed by atoms with Crippen LogP contribution < -0.4 is 5.32 Å². The van der Waals surface area contributed by atoms with E-state index in [0.29, 0.717) is 16.7 Å². The number of nitrogens with one attached hydrogen (secondary N) is 1. The molecule has 18 heavy (non-hydrogen) atoms. The molecular formula is C13H11BrN2O2. The van der Waals surface area contributed by atoms with Gasteiger partial charge in [-0.3, -0.25) is 4.79 Å². The molecule has 2 aromatic rings. The zero-order chi connectivity index (χ0) is 13.0. The van der Waals surface area contributed by atoms with E-state index in [4.69, 9.17) is 0 Å². The fraction of sp³-hybridized carbons (Fsp3) is 0.0769. The number of carbonyl (C=O) groups is 1. The summed E-state index contributed by atoms with van der Waals surface area (Å²) in [5, 5.41) is 12.0. The first-order valence-electron chi connectivity index (χ1n) is 5.33. The number of phenolic OH excluding ortho intramolecular Hbond substituents is 1. The fourth-order valence-corrected chi connectivity index (χ4v) is 1.92. The molecule has 0 saturated carbocycles. The van der Waals surface area contributed by atoms with Crippen molar-refractivity contribution in [2.24, 2.45) is 0 Å². The fourth-order valence-electron chi connectivity index (χ4n) is 1.49. The number of aromatic nitrogens is 1. The molecule has 0 aliphatic heterocycles. The van der Waals surface area contributed by atoms with Crippen LogP contribution in [-0.4, -0.2) is 16.0 Å². The third-order valence-electron chi connectivity index (χ3n) is 2.34. The number of hydrogen-bond acceptors (Lipinski definition) is 3. The number of benzene rings is 1. The molecule has 0 radical (unpaired) electrons. The summed E-state index contributed by atoms with van der Waals surface area (Å²) in [7, 11) is 0. The van der Waals surface area contributed by atoms with Crippen LogP contribution in [0.25, 0.3) is 0 Å². The Morgan fingerprint density at radius 3 is 2.89 bits per heavy atom. The van der Waals surface area contributed by atoms with Crippen molar-refractivity contribution < 1.29 is 9.90 Å². The number of halogens is 1. The summed E-state index contributed by atoms with van der Waals surface area (Å²) >= 11 is 3.27. The Hall–Kier alpha value is -1.88. The molecule has 0 bridgehead atoms. The van der Waals surface area contributed by atoms with E-state index in [1.165, 1.54) is 0 Å². The van der Waals surface area contributed by atoms with Crippen LogP contribution in [-0.2, 0) is 6.54 Å². The molecule has 2 rings (SSSR count). The van der Waals surface area contributed by atoms with Crippen molar-refractivity contribution in [1.29, 1.82) is 0 Å². The second kappa shape index (κ2) is 5.64. The lowest BCUT2D eigenvalue weighted by Gasteiger charge is -2.06. The number of aromatic hydroxyl groups is 1. The van der Waals surface area contributed by atoms with Crippen LogP contribution >= 0.6 is 15.9 Å². The van der Waals surface area contributed by atoms with Gasteiger partial charge >= 0.3 is 0 Å². The SMILES string of the molecule is O=C(NCc1cccc(O)c1)c1ncccc1Br. The van der Waals surface area contributed by atoms with Gasteiger partial charge in [0, 0.05) is 17.2 Å². The van der Waals surface area contributed by atoms with E-state index in [0.717, 1.165) is 5.56 Å². The highest BCUT2D eigenvalue weighted by atomic mass is 79.9. The van der Waals surface area contributed by atoms with Crippen molar-refractivity contribution in [1.82, 2.24) is 10.3 Å². The first kappa shape index (κ1) is 12.6. The Kier molecular flexibility index (Phi) is 3.94. The quantitative estimate of drug-likeness (QED) is 0.916. The van der Waals surface area contributed by atoms with Gasteiger partial charge in [0.1, 0.15) is 11.4 Å². The number of carbonyl (C=O) groups excluding carboxylic acids is 1. The molecule has 5 heteroatoms. The van der Waals surface area contributed by atoms with Crippen molar-refractivity contribution in [3.8, 4) is 5.75 Å². The van der Waals surface area contributed by atoms with E-state index in [1.54, 1.807) is 36.5 Å². The molecule has 0 fully saturated rings. The summed E-state index contributed by atoms with van der Waals surface area (Å²) in [6.45, 7) is 0.343. The molecule has 1 heterocycles. The van der Waals surface area contributed by atoms with Crippen LogP contribution in [0, 0.1) is 0 Å². The van der Waals surface area contributed by atoms with Crippen LogP contribution in [0.15, 0.2) is 47.1 Å². The number of amides is 1. The molecule has 92 valence electrons. The van der Waals surface area contributed by atoms with Crippen LogP contribution in [0.3, 0.4) is 0 Å². The highest BCUT2D eigenvalue weighted by Crippen LogP contribution is 2.14. The summed E-state index contributed by atoms with van der Waals surface area (Å²) in [6, 6.07) is 10.3. The van der Waals surface area contributed by atoms with E-state index in [1.807, 2.05) is 6.07 Å². The number of pyridine rings is 1. The van der Waals surface area contributed by atoms with Gasteiger partial charge in [0.25, 0.3) is 5.91 Å². The highest BCUT2D eigenvalue weighted by molar-refractivity contribution is 9.10. The minimum atomic E-state index is -0.259. The molecular weight excluding hydrogens is 296 g/mol. The molecule has 2 N–H and O–H groups in total. The van der Waals surface area contributed by atoms with Gasteiger partial charge in [-0.2, -0.15) is 0 Å². The number of phenols is 1. The van der Waals surface area contributed by atoms with Gasteiger partial charge in [-0.25, -0.2) is 4.98 Å². The van der Waals surface area contributed by atoms with Crippen molar-refractivity contribution in [3.63, 3.8) is 0 Å². The van der Waals surface area contributed by atoms with Gasteiger partial charge in [-0.05, 0) is 45.8 Å². The van der Waals surface area contributed by atoms with Crippen molar-refractivity contribution in [2.45, 2.75) is 6.54 Å². The largest absolute Gasteiger partial charge is 0.508 e. The second-order valence-electron chi connectivity index (χ2n) is 3.69. The predicted octanol–water partition coefficient (Wildman–Crippen LogP) is 2.48. The third-order valence-corrected chi connectivity index (χ3v) is 2.98. The van der Waals surface area contributed by atoms with E-state index >= 15 is 0 Å². The van der Waals surface area contributed by atoms with Crippen molar-refractivity contribution in [3.05, 3.63) is 58.3 Å². The zero-order valence-electron chi connectivity index (χ0n) is 9.43. The van der Waals surface area contributed by atoms with Crippen LogP contribution in [0.1, 0.15) is 16.1 Å². The molecule has 0 spiro atoms. The smallest absolute Gasteiger partial charge is 0.271 e. The summed E-state index contributed by atoms with van der Waals surface area (Å²) < 4.78 is 0.651. The van der Waals surface area contributed by atoms with Gasteiger partial charge in [-0.15, -0.1) is 0 Å². The molecule has 0 aliphatic rings. The van der Waals surface area contributed by atoms with E-state index in [2.05, 4.69) is 26.2 Å². The summed E-state index contributed by atoms with van der Waals surface area (Å²) in [4.78, 5) is 15.9. The molecule has 1 aromatic heterocycles. The maximum absolute atomic E-state index is 11.9. The summed E-state index contributed by atoms with van der Waals surface area (Å²) in [6.07, 6.45) is 1.56. The van der Waals surface area contributed by atoms with Gasteiger partial charge in [0.05, 0.1) is 0 Å². The zero-order valence-corrected chi connectivity index (χ0v) is 11.0. The minimum absolute atomic E-state index is 0.181. The normalized spacial score (nSPS) is 10.1. The van der Waals surface area contributed by atoms with E-state index < -0.39 is 0 Å². The van der Waals surface area contributed by atoms with Gasteiger partial charge in [0.15, 0.2) is 0 Å². The number of hydrogen-bond donors (Lipinski definition) is 2. The number of nitrogens with zero attached hydrogens (tertiary/aromatic N) is 1. The Morgan fingerprint density at radius 1 is 1.33 bits per heavy atom. The topological polar surface area (TPSA) is 62.2 Å². The number of rotatable bonds is 3. The lowest BCUT2D eigenvalue weighted by molar-refractivity contribution is 0.0945. The highest BCUT2D eigenvalue weighted by Gasteiger charge is 2.10. The van der Waals surface area contributed by atoms with Crippen LogP contribution in [0.5, 0.6) is 5.75 Å². The maximum atomic E-state index is 11.9. The molecule has 4 nitrogen and oxygen atoms in total. The monoisotopic (exact) mass is 306 g/mol. The van der Waals surface area contributed by atoms with Crippen molar-refractivity contribution >= 4 is 21.8 Å². The molecule has 0 unspecified atom stereocenters. The Bertz CT molecular complexity index is 572. The predicted molar refractivity (Wildman–Crippen MR) is 71.2 cm³/mol. The minimum Gasteiger partial charge on any atom is -0.508 e. The average Bonchev–Trinajstić information content (AvgIpc) is 2.37. The molecule has 0 atom stereocenters. The molecule has 0 saturated heterocycles. The van der Waals surface area contributed by atoms with Crippen molar-refractivity contribution in [2.75, 3.05) is 0 Å². The Morgan fingerprint density at radius 2 is 2.17 bits per heavy atom. The maximum Gasteiger partial charge on any atom is 0.271 e. The second-order valence-corrected chi connectivity index (χ2v) is 4.54. The van der Waals surface area contributed by atoms with Gasteiger partial charge < -0.3 is 10.4 Å². The first-order chi connectivity index (χ1) is 8.66. The van der Waals surface area contributed by atoms with Crippen LogP contribution in [0.4, 0.5) is 0 Å². The summed E-state index contributed by atoms with van der Waals surface area (Å²) in [5.74, 6) is -0.0772.